The Bertz CT molecular complexity index is 1580. The topological polar surface area (TPSA) is 108 Å². The molecule has 0 aliphatic heterocycles. The van der Waals surface area contributed by atoms with Gasteiger partial charge < -0.3 is 10.1 Å². The van der Waals surface area contributed by atoms with Crippen molar-refractivity contribution >= 4 is 39.5 Å². The lowest BCUT2D eigenvalue weighted by atomic mass is 10.1. The first kappa shape index (κ1) is 23.6. The van der Waals surface area contributed by atoms with Gasteiger partial charge >= 0.3 is 11.7 Å². The van der Waals surface area contributed by atoms with E-state index >= 15 is 0 Å². The summed E-state index contributed by atoms with van der Waals surface area (Å²) >= 11 is 0. The second-order valence-electron chi connectivity index (χ2n) is 7.60. The zero-order valence-corrected chi connectivity index (χ0v) is 20.2. The summed E-state index contributed by atoms with van der Waals surface area (Å²) in [5.41, 5.74) is 1.46. The predicted octanol–water partition coefficient (Wildman–Crippen LogP) is 4.62. The second kappa shape index (κ2) is 9.72. The van der Waals surface area contributed by atoms with E-state index in [1.807, 2.05) is 44.2 Å². The number of pyridine rings is 1. The van der Waals surface area contributed by atoms with Crippen molar-refractivity contribution in [1.29, 1.82) is 0 Å². The van der Waals surface area contributed by atoms with Gasteiger partial charge in [0.15, 0.2) is 11.4 Å². The molecule has 0 aliphatic carbocycles. The number of aryl methyl sites for hydroxylation is 3. The van der Waals surface area contributed by atoms with Crippen LogP contribution in [0.4, 0.5) is 16.3 Å². The molecule has 0 fully saturated rings. The minimum absolute atomic E-state index is 0.194. The van der Waals surface area contributed by atoms with Gasteiger partial charge in [-0.25, -0.2) is 14.6 Å². The number of benzene rings is 2. The van der Waals surface area contributed by atoms with E-state index in [1.165, 1.54) is 9.13 Å². The second-order valence-corrected chi connectivity index (χ2v) is 7.60. The number of aromatic nitrogens is 5. The molecular formula is C25H27N7O3. The fraction of sp³-hybridized carbons (Fsp3) is 0.200. The summed E-state index contributed by atoms with van der Waals surface area (Å²) < 4.78 is 10.8. The van der Waals surface area contributed by atoms with Gasteiger partial charge in [-0.15, -0.1) is 0 Å². The molecule has 2 amide bonds. The van der Waals surface area contributed by atoms with Crippen LogP contribution in [0.2, 0.25) is 0 Å². The molecular weight excluding hydrogens is 446 g/mol. The van der Waals surface area contributed by atoms with E-state index < -0.39 is 6.03 Å². The first-order valence-electron chi connectivity index (χ1n) is 11.2. The third-order valence-electron chi connectivity index (χ3n) is 5.46. The van der Waals surface area contributed by atoms with E-state index in [9.17, 15) is 9.59 Å². The Balaban J connectivity index is 0.00000141. The maximum absolute atomic E-state index is 12.5. The van der Waals surface area contributed by atoms with Gasteiger partial charge in [0.2, 0.25) is 0 Å². The number of nitrogens with zero attached hydrogens (tertiary/aromatic N) is 5. The van der Waals surface area contributed by atoms with Crippen molar-refractivity contribution in [3.63, 3.8) is 0 Å². The molecule has 180 valence electrons. The predicted molar refractivity (Wildman–Crippen MR) is 137 cm³/mol. The third-order valence-corrected chi connectivity index (χ3v) is 5.46. The third kappa shape index (κ3) is 4.45. The molecule has 5 aromatic rings. The number of carbonyl (C=O) groups is 1. The molecule has 2 N–H and O–H groups in total. The van der Waals surface area contributed by atoms with E-state index in [0.29, 0.717) is 34.2 Å². The summed E-state index contributed by atoms with van der Waals surface area (Å²) in [6, 6.07) is 14.3. The number of amides is 2. The average molecular weight is 474 g/mol. The highest BCUT2D eigenvalue weighted by Gasteiger charge is 2.16. The van der Waals surface area contributed by atoms with Gasteiger partial charge in [-0.2, -0.15) is 5.10 Å². The van der Waals surface area contributed by atoms with Crippen LogP contribution in [0, 0.1) is 0 Å². The van der Waals surface area contributed by atoms with Crippen molar-refractivity contribution in [2.45, 2.75) is 13.8 Å². The van der Waals surface area contributed by atoms with E-state index in [4.69, 9.17) is 4.74 Å². The molecule has 0 saturated heterocycles. The first-order chi connectivity index (χ1) is 16.9. The number of hydrogen-bond donors (Lipinski definition) is 2. The molecule has 0 spiro atoms. The van der Waals surface area contributed by atoms with Gasteiger partial charge in [-0.05, 0) is 11.5 Å². The lowest BCUT2D eigenvalue weighted by Gasteiger charge is -2.14. The Kier molecular flexibility index (Phi) is 6.54. The van der Waals surface area contributed by atoms with E-state index in [0.717, 1.165) is 10.8 Å². The number of urea groups is 1. The van der Waals surface area contributed by atoms with E-state index in [2.05, 4.69) is 20.7 Å². The number of imidazole rings is 1. The molecule has 2 aromatic carbocycles. The molecule has 35 heavy (non-hydrogen) atoms. The monoisotopic (exact) mass is 473 g/mol. The van der Waals surface area contributed by atoms with Gasteiger partial charge in [0, 0.05) is 56.6 Å². The Hall–Kier alpha value is -4.60. The van der Waals surface area contributed by atoms with Gasteiger partial charge in [-0.1, -0.05) is 38.1 Å². The number of ether oxygens (including phenoxy) is 1. The quantitative estimate of drug-likeness (QED) is 0.396. The van der Waals surface area contributed by atoms with Crippen molar-refractivity contribution in [2.75, 3.05) is 10.6 Å². The average Bonchev–Trinajstić information content (AvgIpc) is 3.36. The van der Waals surface area contributed by atoms with Crippen molar-refractivity contribution in [2.24, 2.45) is 21.1 Å². The molecule has 10 heteroatoms. The van der Waals surface area contributed by atoms with Crippen LogP contribution in [0.15, 0.2) is 65.7 Å². The zero-order valence-electron chi connectivity index (χ0n) is 20.2. The number of carbonyl (C=O) groups excluding carboxylic acids is 1. The first-order valence-corrected chi connectivity index (χ1v) is 11.2. The lowest BCUT2D eigenvalue weighted by molar-refractivity contribution is 0.262. The van der Waals surface area contributed by atoms with Gasteiger partial charge in [-0.3, -0.25) is 19.1 Å². The van der Waals surface area contributed by atoms with Crippen molar-refractivity contribution < 1.29 is 9.53 Å². The number of hydrogen-bond acceptors (Lipinski definition) is 5. The van der Waals surface area contributed by atoms with Crippen molar-refractivity contribution in [3.8, 4) is 11.5 Å². The molecule has 0 saturated carbocycles. The standard InChI is InChI=1S/C23H21N7O3.C2H6/c1-28-20-17(8-10-24-21(20)29(2)23(28)32)33-18-13-15(12-14-6-4-5-7-16(14)18)26-22(31)27-19-9-11-25-30(19)3;1-2/h4-13H,1-3H3,(H2,26,27,31);1-2H3. The van der Waals surface area contributed by atoms with Gasteiger partial charge in [0.25, 0.3) is 0 Å². The van der Waals surface area contributed by atoms with Crippen LogP contribution in [-0.4, -0.2) is 29.9 Å². The number of fused-ring (bicyclic) bond motifs is 2. The highest BCUT2D eigenvalue weighted by atomic mass is 16.5. The van der Waals surface area contributed by atoms with Crippen LogP contribution < -0.4 is 21.1 Å². The smallest absolute Gasteiger partial charge is 0.329 e. The molecule has 3 heterocycles. The maximum atomic E-state index is 12.5. The summed E-state index contributed by atoms with van der Waals surface area (Å²) in [6.07, 6.45) is 3.20. The summed E-state index contributed by atoms with van der Waals surface area (Å²) in [5.74, 6) is 1.59. The van der Waals surface area contributed by atoms with Crippen LogP contribution in [-0.2, 0) is 21.1 Å². The van der Waals surface area contributed by atoms with Crippen LogP contribution in [0.5, 0.6) is 11.5 Å². The van der Waals surface area contributed by atoms with E-state index in [-0.39, 0.29) is 5.69 Å². The summed E-state index contributed by atoms with van der Waals surface area (Å²) in [6.45, 7) is 4.00. The van der Waals surface area contributed by atoms with Gasteiger partial charge in [0.1, 0.15) is 17.1 Å². The largest absolute Gasteiger partial charge is 0.454 e. The SMILES string of the molecule is CC.Cn1nccc1NC(=O)Nc1cc(Oc2ccnc3c2n(C)c(=O)n3C)c2ccccc2c1. The Morgan fingerprint density at radius 2 is 1.69 bits per heavy atom. The Morgan fingerprint density at radius 3 is 2.43 bits per heavy atom. The number of rotatable bonds is 4. The maximum Gasteiger partial charge on any atom is 0.329 e. The van der Waals surface area contributed by atoms with E-state index in [1.54, 1.807) is 56.4 Å². The molecule has 0 unspecified atom stereocenters. The Morgan fingerprint density at radius 1 is 0.914 bits per heavy atom. The lowest BCUT2D eigenvalue weighted by Crippen LogP contribution is -2.21. The van der Waals surface area contributed by atoms with Crippen molar-refractivity contribution in [3.05, 3.63) is 71.4 Å². The minimum Gasteiger partial charge on any atom is -0.454 e. The number of nitrogens with one attached hydrogen (secondary N) is 2. The normalized spacial score (nSPS) is 10.7. The molecule has 0 atom stereocenters. The molecule has 0 bridgehead atoms. The summed E-state index contributed by atoms with van der Waals surface area (Å²) in [5, 5.41) is 11.4. The number of anilines is 2. The molecule has 0 aliphatic rings. The van der Waals surface area contributed by atoms with Crippen LogP contribution in [0.1, 0.15) is 13.8 Å². The summed E-state index contributed by atoms with van der Waals surface area (Å²) in [4.78, 5) is 29.3. The highest BCUT2D eigenvalue weighted by molar-refractivity contribution is 6.02. The molecule has 3 aromatic heterocycles. The van der Waals surface area contributed by atoms with Crippen LogP contribution >= 0.6 is 0 Å². The minimum atomic E-state index is -0.406. The fourth-order valence-electron chi connectivity index (χ4n) is 3.81. The van der Waals surface area contributed by atoms with Gasteiger partial charge in [0.05, 0.1) is 6.20 Å². The van der Waals surface area contributed by atoms with Crippen LogP contribution in [0.25, 0.3) is 21.9 Å². The Labute approximate surface area is 201 Å². The molecule has 0 radical (unpaired) electrons. The molecule has 10 nitrogen and oxygen atoms in total. The fourth-order valence-corrected chi connectivity index (χ4v) is 3.81. The van der Waals surface area contributed by atoms with Crippen molar-refractivity contribution in [1.82, 2.24) is 23.9 Å². The summed E-state index contributed by atoms with van der Waals surface area (Å²) in [7, 11) is 5.09. The zero-order chi connectivity index (χ0) is 25.1. The van der Waals surface area contributed by atoms with Crippen LogP contribution in [0.3, 0.4) is 0 Å². The highest BCUT2D eigenvalue weighted by Crippen LogP contribution is 2.35. The molecule has 5 rings (SSSR count).